The number of amides is 1. The third kappa shape index (κ3) is 5.83. The third-order valence-electron chi connectivity index (χ3n) is 5.07. The van der Waals surface area contributed by atoms with Crippen molar-refractivity contribution >= 4 is 21.6 Å². The van der Waals surface area contributed by atoms with Crippen LogP contribution in [0.4, 0.5) is 10.1 Å². The summed E-state index contributed by atoms with van der Waals surface area (Å²) in [6.07, 6.45) is -1.11. The number of nitro benzene ring substituents is 1. The van der Waals surface area contributed by atoms with Crippen LogP contribution in [0.5, 0.6) is 5.75 Å². The van der Waals surface area contributed by atoms with Crippen LogP contribution in [0.1, 0.15) is 12.5 Å². The summed E-state index contributed by atoms with van der Waals surface area (Å²) in [7, 11) is -2.44. The number of sulfonamides is 1. The number of carbonyl (C=O) groups is 1. The highest BCUT2D eigenvalue weighted by molar-refractivity contribution is 7.89. The zero-order valence-corrected chi connectivity index (χ0v) is 19.0. The van der Waals surface area contributed by atoms with Gasteiger partial charge in [0.25, 0.3) is 5.91 Å². The highest BCUT2D eigenvalue weighted by Crippen LogP contribution is 2.32. The lowest BCUT2D eigenvalue weighted by molar-refractivity contribution is -0.386. The number of nitro groups is 1. The van der Waals surface area contributed by atoms with Crippen molar-refractivity contribution in [2.45, 2.75) is 24.5 Å². The Labute approximate surface area is 190 Å². The molecule has 1 fully saturated rings. The summed E-state index contributed by atoms with van der Waals surface area (Å²) >= 11 is 0. The molecule has 0 bridgehead atoms. The molecule has 2 aromatic rings. The summed E-state index contributed by atoms with van der Waals surface area (Å²) in [5.41, 5.74) is -0.00142. The van der Waals surface area contributed by atoms with Crippen LogP contribution in [-0.2, 0) is 26.1 Å². The number of hydrogen-bond acceptors (Lipinski definition) is 7. The molecular formula is C21H24FN3O7S. The molecule has 10 nitrogen and oxygen atoms in total. The Morgan fingerprint density at radius 3 is 2.61 bits per heavy atom. The minimum absolute atomic E-state index is 0.114. The first-order valence-corrected chi connectivity index (χ1v) is 11.6. The molecule has 1 atom stereocenters. The van der Waals surface area contributed by atoms with Crippen LogP contribution in [-0.4, -0.2) is 67.9 Å². The molecule has 33 heavy (non-hydrogen) atoms. The predicted octanol–water partition coefficient (Wildman–Crippen LogP) is 2.18. The van der Waals surface area contributed by atoms with Gasteiger partial charge >= 0.3 is 5.69 Å². The number of rotatable bonds is 8. The fourth-order valence-electron chi connectivity index (χ4n) is 3.37. The fraction of sp³-hybridized carbons (Fsp3) is 0.381. The highest BCUT2D eigenvalue weighted by atomic mass is 32.2. The predicted molar refractivity (Wildman–Crippen MR) is 116 cm³/mol. The molecule has 3 rings (SSSR count). The van der Waals surface area contributed by atoms with Crippen LogP contribution < -0.4 is 4.74 Å². The maximum absolute atomic E-state index is 13.4. The number of benzene rings is 2. The Balaban J connectivity index is 1.76. The molecule has 2 aromatic carbocycles. The molecule has 0 aliphatic carbocycles. The summed E-state index contributed by atoms with van der Waals surface area (Å²) in [5.74, 6) is -1.15. The first-order chi connectivity index (χ1) is 15.6. The zero-order valence-electron chi connectivity index (χ0n) is 18.1. The second-order valence-electron chi connectivity index (χ2n) is 7.49. The van der Waals surface area contributed by atoms with Gasteiger partial charge in [-0.2, -0.15) is 4.31 Å². The largest absolute Gasteiger partial charge is 0.474 e. The highest BCUT2D eigenvalue weighted by Gasteiger charge is 2.30. The van der Waals surface area contributed by atoms with Gasteiger partial charge in [0.2, 0.25) is 10.0 Å². The average Bonchev–Trinajstić information content (AvgIpc) is 2.79. The van der Waals surface area contributed by atoms with Crippen LogP contribution in [0.25, 0.3) is 0 Å². The van der Waals surface area contributed by atoms with E-state index in [1.54, 1.807) is 6.07 Å². The molecule has 1 unspecified atom stereocenters. The van der Waals surface area contributed by atoms with Crippen LogP contribution in [0.2, 0.25) is 0 Å². The maximum atomic E-state index is 13.4. The van der Waals surface area contributed by atoms with Gasteiger partial charge in [-0.3, -0.25) is 14.9 Å². The molecule has 0 N–H and O–H groups in total. The summed E-state index contributed by atoms with van der Waals surface area (Å²) in [6, 6.07) is 9.08. The van der Waals surface area contributed by atoms with Crippen LogP contribution >= 0.6 is 0 Å². The standard InChI is InChI=1S/C21H24FN3O7S/c1-15(21(26)23(2)14-16-4-3-5-17(22)12-16)32-20-7-6-18(13-19(20)25(27)28)33(29,30)24-8-10-31-11-9-24/h3-7,12-13,15H,8-11,14H2,1-2H3. The molecular weight excluding hydrogens is 457 g/mol. The second-order valence-corrected chi connectivity index (χ2v) is 9.43. The van der Waals surface area contributed by atoms with Gasteiger partial charge in [-0.25, -0.2) is 12.8 Å². The molecule has 0 saturated carbocycles. The van der Waals surface area contributed by atoms with E-state index in [1.165, 1.54) is 53.5 Å². The van der Waals surface area contributed by atoms with Gasteiger partial charge < -0.3 is 14.4 Å². The summed E-state index contributed by atoms with van der Waals surface area (Å²) in [5, 5.41) is 11.6. The fourth-order valence-corrected chi connectivity index (χ4v) is 4.80. The Bertz CT molecular complexity index is 1140. The summed E-state index contributed by atoms with van der Waals surface area (Å²) in [6.45, 7) is 2.32. The Kier molecular flexibility index (Phi) is 7.61. The first kappa shape index (κ1) is 24.6. The average molecular weight is 482 g/mol. The van der Waals surface area contributed by atoms with Gasteiger partial charge in [0, 0.05) is 32.7 Å². The van der Waals surface area contributed by atoms with Gasteiger partial charge in [-0.1, -0.05) is 12.1 Å². The molecule has 1 aliphatic rings. The molecule has 0 aromatic heterocycles. The zero-order chi connectivity index (χ0) is 24.2. The van der Waals surface area contributed by atoms with Gasteiger partial charge in [0.05, 0.1) is 23.0 Å². The SMILES string of the molecule is CC(Oc1ccc(S(=O)(=O)N2CCOCC2)cc1[N+](=O)[O-])C(=O)N(C)Cc1cccc(F)c1. The van der Waals surface area contributed by atoms with Gasteiger partial charge in [-0.05, 0) is 36.8 Å². The van der Waals surface area contributed by atoms with Crippen LogP contribution in [0.3, 0.4) is 0 Å². The number of hydrogen-bond donors (Lipinski definition) is 0. The number of ether oxygens (including phenoxy) is 2. The van der Waals surface area contributed by atoms with Gasteiger partial charge in [-0.15, -0.1) is 0 Å². The third-order valence-corrected chi connectivity index (χ3v) is 6.97. The van der Waals surface area contributed by atoms with Crippen molar-refractivity contribution in [3.8, 4) is 5.75 Å². The Hall–Kier alpha value is -3.09. The summed E-state index contributed by atoms with van der Waals surface area (Å²) < 4.78 is 50.9. The van der Waals surface area contributed by atoms with E-state index in [0.29, 0.717) is 5.56 Å². The number of carbonyl (C=O) groups excluding carboxylic acids is 1. The molecule has 1 amide bonds. The van der Waals surface area contributed by atoms with E-state index in [9.17, 15) is 27.7 Å². The molecule has 1 heterocycles. The number of halogens is 1. The van der Waals surface area contributed by atoms with Crippen molar-refractivity contribution in [1.82, 2.24) is 9.21 Å². The second kappa shape index (κ2) is 10.2. The van der Waals surface area contributed by atoms with E-state index in [-0.39, 0.29) is 43.5 Å². The van der Waals surface area contributed by atoms with Crippen molar-refractivity contribution in [1.29, 1.82) is 0 Å². The minimum Gasteiger partial charge on any atom is -0.474 e. The van der Waals surface area contributed by atoms with E-state index in [1.807, 2.05) is 0 Å². The van der Waals surface area contributed by atoms with E-state index in [2.05, 4.69) is 0 Å². The smallest absolute Gasteiger partial charge is 0.312 e. The van der Waals surface area contributed by atoms with Crippen molar-refractivity contribution in [2.24, 2.45) is 0 Å². The molecule has 1 aliphatic heterocycles. The van der Waals surface area contributed by atoms with E-state index >= 15 is 0 Å². The quantitative estimate of drug-likeness (QED) is 0.419. The molecule has 12 heteroatoms. The van der Waals surface area contributed by atoms with E-state index < -0.39 is 38.5 Å². The lowest BCUT2D eigenvalue weighted by atomic mass is 10.2. The monoisotopic (exact) mass is 481 g/mol. The number of nitrogens with zero attached hydrogens (tertiary/aromatic N) is 3. The molecule has 0 spiro atoms. The van der Waals surface area contributed by atoms with Gasteiger partial charge in [0.15, 0.2) is 11.9 Å². The van der Waals surface area contributed by atoms with Crippen molar-refractivity contribution < 1.29 is 32.0 Å². The van der Waals surface area contributed by atoms with Crippen molar-refractivity contribution in [3.05, 3.63) is 64.0 Å². The molecule has 1 saturated heterocycles. The maximum Gasteiger partial charge on any atom is 0.312 e. The topological polar surface area (TPSA) is 119 Å². The van der Waals surface area contributed by atoms with Gasteiger partial charge in [0.1, 0.15) is 5.82 Å². The van der Waals surface area contributed by atoms with E-state index in [4.69, 9.17) is 9.47 Å². The number of morpholine rings is 1. The first-order valence-electron chi connectivity index (χ1n) is 10.1. The van der Waals surface area contributed by atoms with Crippen molar-refractivity contribution in [2.75, 3.05) is 33.4 Å². The number of likely N-dealkylation sites (N-methyl/N-ethyl adjacent to an activating group) is 1. The normalized spacial score (nSPS) is 15.6. The summed E-state index contributed by atoms with van der Waals surface area (Å²) in [4.78, 5) is 24.6. The Morgan fingerprint density at radius 2 is 1.97 bits per heavy atom. The Morgan fingerprint density at radius 1 is 1.27 bits per heavy atom. The van der Waals surface area contributed by atoms with E-state index in [0.717, 1.165) is 6.07 Å². The minimum atomic E-state index is -3.94. The van der Waals surface area contributed by atoms with Crippen molar-refractivity contribution in [3.63, 3.8) is 0 Å². The molecule has 0 radical (unpaired) electrons. The lowest BCUT2D eigenvalue weighted by Crippen LogP contribution is -2.40. The lowest BCUT2D eigenvalue weighted by Gasteiger charge is -2.26. The van der Waals surface area contributed by atoms with Crippen LogP contribution in [0.15, 0.2) is 47.4 Å². The molecule has 178 valence electrons. The van der Waals surface area contributed by atoms with Crippen LogP contribution in [0, 0.1) is 15.9 Å².